The molecule has 2 rings (SSSR count). The van der Waals surface area contributed by atoms with E-state index in [9.17, 15) is 9.59 Å². The zero-order valence-corrected chi connectivity index (χ0v) is 16.1. The van der Waals surface area contributed by atoms with E-state index in [4.69, 9.17) is 0 Å². The Kier molecular flexibility index (Phi) is 6.59. The summed E-state index contributed by atoms with van der Waals surface area (Å²) in [5.74, 6) is 0.706. The molecule has 25 heavy (non-hydrogen) atoms. The van der Waals surface area contributed by atoms with Crippen LogP contribution in [0.25, 0.3) is 0 Å². The van der Waals surface area contributed by atoms with Gasteiger partial charge in [0.15, 0.2) is 0 Å². The van der Waals surface area contributed by atoms with Gasteiger partial charge in [0, 0.05) is 39.1 Å². The molecule has 0 radical (unpaired) electrons. The van der Waals surface area contributed by atoms with E-state index < -0.39 is 0 Å². The predicted molar refractivity (Wildman–Crippen MR) is 100 cm³/mol. The number of piperazine rings is 1. The van der Waals surface area contributed by atoms with E-state index in [1.54, 1.807) is 11.8 Å². The molecule has 5 heteroatoms. The monoisotopic (exact) mass is 345 g/mol. The van der Waals surface area contributed by atoms with E-state index in [1.807, 2.05) is 11.8 Å². The molecule has 1 aliphatic rings. The summed E-state index contributed by atoms with van der Waals surface area (Å²) in [5.41, 5.74) is 2.51. The molecule has 1 saturated heterocycles. The van der Waals surface area contributed by atoms with Gasteiger partial charge >= 0.3 is 0 Å². The largest absolute Gasteiger partial charge is 0.339 e. The van der Waals surface area contributed by atoms with Crippen molar-refractivity contribution in [2.45, 2.75) is 52.6 Å². The quantitative estimate of drug-likeness (QED) is 0.892. The third-order valence-corrected chi connectivity index (χ3v) is 5.01. The minimum absolute atomic E-state index is 0.0803. The molecule has 1 heterocycles. The van der Waals surface area contributed by atoms with Crippen molar-refractivity contribution >= 4 is 11.8 Å². The number of carbonyl (C=O) groups is 2. The van der Waals surface area contributed by atoms with Gasteiger partial charge in [-0.2, -0.15) is 0 Å². The number of nitrogens with one attached hydrogen (secondary N) is 1. The summed E-state index contributed by atoms with van der Waals surface area (Å²) in [6.07, 6.45) is 0. The van der Waals surface area contributed by atoms with E-state index in [0.717, 1.165) is 0 Å². The summed E-state index contributed by atoms with van der Waals surface area (Å²) >= 11 is 0. The molecule has 1 aromatic rings. The van der Waals surface area contributed by atoms with Gasteiger partial charge in [0.05, 0.1) is 6.04 Å². The number of benzene rings is 1. The van der Waals surface area contributed by atoms with Crippen LogP contribution in [0.3, 0.4) is 0 Å². The second-order valence-corrected chi connectivity index (χ2v) is 7.26. The maximum atomic E-state index is 12.6. The van der Waals surface area contributed by atoms with Gasteiger partial charge in [-0.15, -0.1) is 0 Å². The Labute approximate surface area is 151 Å². The Hall–Kier alpha value is -1.88. The number of hydrogen-bond donors (Lipinski definition) is 1. The zero-order valence-electron chi connectivity index (χ0n) is 16.1. The maximum Gasteiger partial charge on any atom is 0.239 e. The third-order valence-electron chi connectivity index (χ3n) is 5.01. The second-order valence-electron chi connectivity index (χ2n) is 7.26. The maximum absolute atomic E-state index is 12.6. The number of hydrogen-bond acceptors (Lipinski definition) is 3. The average molecular weight is 345 g/mol. The number of carbonyl (C=O) groups excluding carboxylic acids is 2. The molecular weight excluding hydrogens is 314 g/mol. The van der Waals surface area contributed by atoms with Crippen LogP contribution in [0.2, 0.25) is 0 Å². The first-order chi connectivity index (χ1) is 11.8. The van der Waals surface area contributed by atoms with Crippen molar-refractivity contribution in [3.05, 3.63) is 35.4 Å². The van der Waals surface area contributed by atoms with Crippen LogP contribution in [0.5, 0.6) is 0 Å². The lowest BCUT2D eigenvalue weighted by molar-refractivity contribution is -0.139. The van der Waals surface area contributed by atoms with Crippen LogP contribution >= 0.6 is 0 Å². The van der Waals surface area contributed by atoms with Gasteiger partial charge in [-0.1, -0.05) is 38.1 Å². The molecule has 0 bridgehead atoms. The molecule has 0 spiro atoms. The summed E-state index contributed by atoms with van der Waals surface area (Å²) in [7, 11) is 0. The van der Waals surface area contributed by atoms with Crippen LogP contribution in [-0.4, -0.2) is 53.8 Å². The topological polar surface area (TPSA) is 52.7 Å². The molecule has 1 aliphatic heterocycles. The van der Waals surface area contributed by atoms with Gasteiger partial charge in [-0.25, -0.2) is 0 Å². The molecule has 138 valence electrons. The minimum Gasteiger partial charge on any atom is -0.339 e. The lowest BCUT2D eigenvalue weighted by Gasteiger charge is -2.36. The molecule has 1 aromatic carbocycles. The van der Waals surface area contributed by atoms with E-state index in [1.165, 1.54) is 11.1 Å². The third kappa shape index (κ3) is 5.05. The fraction of sp³-hybridized carbons (Fsp3) is 0.600. The standard InChI is InChI=1S/C20H31N3O2/c1-14(2)18-6-8-19(9-7-18)15(3)21-16(4)20(25)23-12-10-22(11-13-23)17(5)24/h6-9,14-16,21H,10-13H2,1-5H3/t15-,16-/m1/s1. The Morgan fingerprint density at radius 1 is 0.880 bits per heavy atom. The summed E-state index contributed by atoms with van der Waals surface area (Å²) in [6, 6.07) is 8.45. The van der Waals surface area contributed by atoms with Gasteiger partial charge in [0.2, 0.25) is 11.8 Å². The fourth-order valence-corrected chi connectivity index (χ4v) is 3.23. The van der Waals surface area contributed by atoms with Gasteiger partial charge < -0.3 is 9.80 Å². The zero-order chi connectivity index (χ0) is 18.6. The summed E-state index contributed by atoms with van der Waals surface area (Å²) < 4.78 is 0. The fourth-order valence-electron chi connectivity index (χ4n) is 3.23. The van der Waals surface area contributed by atoms with Crippen LogP contribution in [0.4, 0.5) is 0 Å². The van der Waals surface area contributed by atoms with E-state index in [-0.39, 0.29) is 23.9 Å². The van der Waals surface area contributed by atoms with Crippen LogP contribution < -0.4 is 5.32 Å². The summed E-state index contributed by atoms with van der Waals surface area (Å²) in [4.78, 5) is 27.7. The van der Waals surface area contributed by atoms with Gasteiger partial charge in [0.25, 0.3) is 0 Å². The van der Waals surface area contributed by atoms with E-state index in [0.29, 0.717) is 32.1 Å². The highest BCUT2D eigenvalue weighted by Gasteiger charge is 2.26. The number of amides is 2. The van der Waals surface area contributed by atoms with Crippen molar-refractivity contribution in [2.75, 3.05) is 26.2 Å². The Balaban J connectivity index is 1.89. The molecule has 0 saturated carbocycles. The highest BCUT2D eigenvalue weighted by molar-refractivity contribution is 5.82. The molecule has 2 atom stereocenters. The number of nitrogens with zero attached hydrogens (tertiary/aromatic N) is 2. The Bertz CT molecular complexity index is 589. The van der Waals surface area contributed by atoms with Crippen LogP contribution in [0, 0.1) is 0 Å². The first-order valence-corrected chi connectivity index (χ1v) is 9.19. The molecule has 1 fully saturated rings. The lowest BCUT2D eigenvalue weighted by atomic mass is 9.99. The SMILES string of the molecule is CC(=O)N1CCN(C(=O)[C@@H](C)N[C@H](C)c2ccc(C(C)C)cc2)CC1. The van der Waals surface area contributed by atoms with Crippen LogP contribution in [0.1, 0.15) is 57.7 Å². The van der Waals surface area contributed by atoms with Crippen molar-refractivity contribution < 1.29 is 9.59 Å². The van der Waals surface area contributed by atoms with Gasteiger partial charge in [0.1, 0.15) is 0 Å². The Morgan fingerprint density at radius 3 is 1.84 bits per heavy atom. The number of rotatable bonds is 5. The summed E-state index contributed by atoms with van der Waals surface area (Å²) in [6.45, 7) is 12.4. The molecular formula is C20H31N3O2. The molecule has 0 aliphatic carbocycles. The molecule has 0 aromatic heterocycles. The van der Waals surface area contributed by atoms with Crippen molar-refractivity contribution in [1.82, 2.24) is 15.1 Å². The van der Waals surface area contributed by atoms with Crippen molar-refractivity contribution in [1.29, 1.82) is 0 Å². The predicted octanol–water partition coefficient (Wildman–Crippen LogP) is 2.54. The molecule has 1 N–H and O–H groups in total. The highest BCUT2D eigenvalue weighted by atomic mass is 16.2. The van der Waals surface area contributed by atoms with Crippen LogP contribution in [0.15, 0.2) is 24.3 Å². The normalized spacial score (nSPS) is 17.5. The molecule has 0 unspecified atom stereocenters. The second kappa shape index (κ2) is 8.48. The van der Waals surface area contributed by atoms with Gasteiger partial charge in [-0.3, -0.25) is 14.9 Å². The average Bonchev–Trinajstić information content (AvgIpc) is 2.61. The minimum atomic E-state index is -0.247. The van der Waals surface area contributed by atoms with E-state index >= 15 is 0 Å². The Morgan fingerprint density at radius 2 is 1.36 bits per heavy atom. The highest BCUT2D eigenvalue weighted by Crippen LogP contribution is 2.19. The molecule has 5 nitrogen and oxygen atoms in total. The first kappa shape index (κ1) is 19.4. The van der Waals surface area contributed by atoms with E-state index in [2.05, 4.69) is 50.4 Å². The van der Waals surface area contributed by atoms with Crippen molar-refractivity contribution in [3.63, 3.8) is 0 Å². The summed E-state index contributed by atoms with van der Waals surface area (Å²) in [5, 5.41) is 3.40. The lowest BCUT2D eigenvalue weighted by Crippen LogP contribution is -2.54. The first-order valence-electron chi connectivity index (χ1n) is 9.19. The molecule has 2 amide bonds. The van der Waals surface area contributed by atoms with Gasteiger partial charge in [-0.05, 0) is 30.9 Å². The van der Waals surface area contributed by atoms with Crippen molar-refractivity contribution in [2.24, 2.45) is 0 Å². The van der Waals surface area contributed by atoms with Crippen LogP contribution in [-0.2, 0) is 9.59 Å². The smallest absolute Gasteiger partial charge is 0.239 e. The van der Waals surface area contributed by atoms with Crippen molar-refractivity contribution in [3.8, 4) is 0 Å².